The Morgan fingerprint density at radius 1 is 0.793 bits per heavy atom. The molecule has 1 fully saturated rings. The average Bonchev–Trinajstić information content (AvgIpc) is 2.74. The predicted molar refractivity (Wildman–Crippen MR) is 117 cm³/mol. The summed E-state index contributed by atoms with van der Waals surface area (Å²) in [5.41, 5.74) is 3.57. The molecule has 0 atom stereocenters. The molecule has 0 spiro atoms. The van der Waals surface area contributed by atoms with Crippen LogP contribution in [0.4, 0.5) is 8.78 Å². The van der Waals surface area contributed by atoms with Crippen molar-refractivity contribution in [3.63, 3.8) is 0 Å². The number of alkyl halides is 2. The SMILES string of the molecule is CCCCCCC[C@H]1CC[C@H](c2ccc(-c3ccc(OC(F)F)cc3)cc2)CC1. The minimum absolute atomic E-state index is 0.197. The van der Waals surface area contributed by atoms with Gasteiger partial charge in [-0.3, -0.25) is 0 Å². The molecule has 1 saturated carbocycles. The lowest BCUT2D eigenvalue weighted by molar-refractivity contribution is -0.0498. The van der Waals surface area contributed by atoms with Gasteiger partial charge >= 0.3 is 6.61 Å². The summed E-state index contributed by atoms with van der Waals surface area (Å²) in [6, 6.07) is 15.6. The molecule has 1 aliphatic carbocycles. The van der Waals surface area contributed by atoms with Crippen LogP contribution in [0.1, 0.15) is 82.6 Å². The molecule has 2 aromatic rings. The van der Waals surface area contributed by atoms with Gasteiger partial charge in [-0.2, -0.15) is 8.78 Å². The second-order valence-electron chi connectivity index (χ2n) is 8.45. The van der Waals surface area contributed by atoms with E-state index in [-0.39, 0.29) is 5.75 Å². The highest BCUT2D eigenvalue weighted by Crippen LogP contribution is 2.38. The van der Waals surface area contributed by atoms with Crippen LogP contribution in [0.25, 0.3) is 11.1 Å². The molecule has 29 heavy (non-hydrogen) atoms. The Morgan fingerprint density at radius 2 is 1.38 bits per heavy atom. The van der Waals surface area contributed by atoms with Crippen molar-refractivity contribution in [2.75, 3.05) is 0 Å². The quantitative estimate of drug-likeness (QED) is 0.363. The zero-order chi connectivity index (χ0) is 20.5. The first-order chi connectivity index (χ1) is 14.2. The first-order valence-electron chi connectivity index (χ1n) is 11.3. The van der Waals surface area contributed by atoms with Crippen LogP contribution in [-0.4, -0.2) is 6.61 Å². The van der Waals surface area contributed by atoms with E-state index >= 15 is 0 Å². The summed E-state index contributed by atoms with van der Waals surface area (Å²) in [6.07, 6.45) is 13.7. The van der Waals surface area contributed by atoms with E-state index in [1.807, 2.05) is 12.1 Å². The minimum Gasteiger partial charge on any atom is -0.435 e. The molecule has 0 heterocycles. The van der Waals surface area contributed by atoms with Crippen molar-refractivity contribution in [3.8, 4) is 16.9 Å². The van der Waals surface area contributed by atoms with Gasteiger partial charge in [0.2, 0.25) is 0 Å². The van der Waals surface area contributed by atoms with Crippen LogP contribution < -0.4 is 4.74 Å². The first-order valence-corrected chi connectivity index (χ1v) is 11.3. The maximum absolute atomic E-state index is 12.3. The van der Waals surface area contributed by atoms with Gasteiger partial charge in [0.05, 0.1) is 0 Å². The molecule has 0 bridgehead atoms. The van der Waals surface area contributed by atoms with Gasteiger partial charge in [0, 0.05) is 0 Å². The number of hydrogen-bond donors (Lipinski definition) is 0. The topological polar surface area (TPSA) is 9.23 Å². The molecule has 3 heteroatoms. The third-order valence-electron chi connectivity index (χ3n) is 6.36. The van der Waals surface area contributed by atoms with Crippen molar-refractivity contribution >= 4 is 0 Å². The fraction of sp³-hybridized carbons (Fsp3) is 0.538. The molecule has 1 aliphatic rings. The zero-order valence-corrected chi connectivity index (χ0v) is 17.6. The number of benzene rings is 2. The number of hydrogen-bond acceptors (Lipinski definition) is 1. The average molecular weight is 401 g/mol. The molecular formula is C26H34F2O. The minimum atomic E-state index is -2.78. The van der Waals surface area contributed by atoms with Crippen LogP contribution in [0.5, 0.6) is 5.75 Å². The van der Waals surface area contributed by atoms with Crippen molar-refractivity contribution in [2.24, 2.45) is 5.92 Å². The normalized spacial score (nSPS) is 19.4. The van der Waals surface area contributed by atoms with E-state index in [1.165, 1.54) is 69.8 Å². The number of ether oxygens (including phenoxy) is 1. The Labute approximate surface area is 174 Å². The summed E-state index contributed by atoms with van der Waals surface area (Å²) in [4.78, 5) is 0. The van der Waals surface area contributed by atoms with E-state index in [1.54, 1.807) is 12.1 Å². The number of rotatable bonds is 10. The van der Waals surface area contributed by atoms with Crippen LogP contribution >= 0.6 is 0 Å². The van der Waals surface area contributed by atoms with Gasteiger partial charge in [-0.15, -0.1) is 0 Å². The molecule has 0 aromatic heterocycles. The van der Waals surface area contributed by atoms with Crippen molar-refractivity contribution in [3.05, 3.63) is 54.1 Å². The fourth-order valence-electron chi connectivity index (χ4n) is 4.60. The van der Waals surface area contributed by atoms with Gasteiger partial charge in [0.25, 0.3) is 0 Å². The van der Waals surface area contributed by atoms with Crippen molar-refractivity contribution < 1.29 is 13.5 Å². The number of unbranched alkanes of at least 4 members (excludes halogenated alkanes) is 4. The molecular weight excluding hydrogens is 366 g/mol. The van der Waals surface area contributed by atoms with Gasteiger partial charge < -0.3 is 4.74 Å². The first kappa shape index (κ1) is 21.8. The van der Waals surface area contributed by atoms with E-state index in [4.69, 9.17) is 0 Å². The fourth-order valence-corrected chi connectivity index (χ4v) is 4.60. The van der Waals surface area contributed by atoms with Gasteiger partial charge in [0.15, 0.2) is 0 Å². The monoisotopic (exact) mass is 400 g/mol. The lowest BCUT2D eigenvalue weighted by Gasteiger charge is -2.29. The van der Waals surface area contributed by atoms with E-state index in [2.05, 4.69) is 35.9 Å². The Kier molecular flexibility index (Phi) is 8.52. The third kappa shape index (κ3) is 6.83. The standard InChI is InChI=1S/C26H34F2O/c1-2-3-4-5-6-7-20-8-10-21(11-9-20)22-12-14-23(15-13-22)24-16-18-25(19-17-24)29-26(27)28/h12-21,26H,2-11H2,1H3/t20-,21-. The highest BCUT2D eigenvalue weighted by molar-refractivity contribution is 5.64. The molecule has 1 nitrogen and oxygen atoms in total. The van der Waals surface area contributed by atoms with Crippen LogP contribution in [-0.2, 0) is 0 Å². The number of halogens is 2. The molecule has 3 rings (SSSR count). The highest BCUT2D eigenvalue weighted by Gasteiger charge is 2.22. The molecule has 0 saturated heterocycles. The third-order valence-corrected chi connectivity index (χ3v) is 6.36. The summed E-state index contributed by atoms with van der Waals surface area (Å²) < 4.78 is 29.0. The molecule has 0 radical (unpaired) electrons. The Morgan fingerprint density at radius 3 is 1.97 bits per heavy atom. The summed E-state index contributed by atoms with van der Waals surface area (Å²) >= 11 is 0. The van der Waals surface area contributed by atoms with Crippen LogP contribution in [0.3, 0.4) is 0 Å². The van der Waals surface area contributed by atoms with Gasteiger partial charge in [-0.1, -0.05) is 81.8 Å². The second kappa shape index (κ2) is 11.3. The van der Waals surface area contributed by atoms with Gasteiger partial charge in [0.1, 0.15) is 5.75 Å². The summed E-state index contributed by atoms with van der Waals surface area (Å²) in [5, 5.41) is 0. The Hall–Kier alpha value is -1.90. The molecule has 2 aromatic carbocycles. The van der Waals surface area contributed by atoms with Crippen LogP contribution in [0, 0.1) is 5.92 Å². The zero-order valence-electron chi connectivity index (χ0n) is 17.6. The molecule has 0 amide bonds. The van der Waals surface area contributed by atoms with E-state index in [0.717, 1.165) is 17.0 Å². The van der Waals surface area contributed by atoms with Crippen LogP contribution in [0.2, 0.25) is 0 Å². The highest BCUT2D eigenvalue weighted by atomic mass is 19.3. The van der Waals surface area contributed by atoms with Crippen molar-refractivity contribution in [2.45, 2.75) is 83.7 Å². The van der Waals surface area contributed by atoms with Crippen molar-refractivity contribution in [1.82, 2.24) is 0 Å². The smallest absolute Gasteiger partial charge is 0.387 e. The molecule has 158 valence electrons. The molecule has 0 N–H and O–H groups in total. The summed E-state index contributed by atoms with van der Waals surface area (Å²) in [5.74, 6) is 1.81. The van der Waals surface area contributed by atoms with E-state index < -0.39 is 6.61 Å². The van der Waals surface area contributed by atoms with Gasteiger partial charge in [-0.05, 0) is 66.3 Å². The Balaban J connectivity index is 1.47. The lowest BCUT2D eigenvalue weighted by Crippen LogP contribution is -2.13. The summed E-state index contributed by atoms with van der Waals surface area (Å²) in [7, 11) is 0. The second-order valence-corrected chi connectivity index (χ2v) is 8.45. The van der Waals surface area contributed by atoms with Crippen LogP contribution in [0.15, 0.2) is 48.5 Å². The molecule has 0 unspecified atom stereocenters. The van der Waals surface area contributed by atoms with E-state index in [9.17, 15) is 8.78 Å². The van der Waals surface area contributed by atoms with Crippen molar-refractivity contribution in [1.29, 1.82) is 0 Å². The maximum atomic E-state index is 12.3. The largest absolute Gasteiger partial charge is 0.435 e. The summed E-state index contributed by atoms with van der Waals surface area (Å²) in [6.45, 7) is -0.508. The molecule has 0 aliphatic heterocycles. The predicted octanol–water partition coefficient (Wildman–Crippen LogP) is 8.59. The van der Waals surface area contributed by atoms with Gasteiger partial charge in [-0.25, -0.2) is 0 Å². The maximum Gasteiger partial charge on any atom is 0.387 e. The van der Waals surface area contributed by atoms with E-state index in [0.29, 0.717) is 5.92 Å². The Bertz CT molecular complexity index is 700. The lowest BCUT2D eigenvalue weighted by atomic mass is 9.77.